The molecule has 2 rings (SSSR count). The predicted octanol–water partition coefficient (Wildman–Crippen LogP) is 3.39. The van der Waals surface area contributed by atoms with E-state index >= 15 is 0 Å². The van der Waals surface area contributed by atoms with Crippen molar-refractivity contribution in [1.82, 2.24) is 15.0 Å². The molecule has 0 aromatic carbocycles. The number of hydrogen-bond acceptors (Lipinski definition) is 3. The summed E-state index contributed by atoms with van der Waals surface area (Å²) in [6, 6.07) is 1.85. The van der Waals surface area contributed by atoms with E-state index in [0.29, 0.717) is 0 Å². The normalized spacial score (nSPS) is 8.33. The van der Waals surface area contributed by atoms with Gasteiger partial charge in [0.2, 0.25) is 0 Å². The largest absolute Gasteiger partial charge is 0.262 e. The third-order valence-electron chi connectivity index (χ3n) is 1.46. The van der Waals surface area contributed by atoms with Gasteiger partial charge in [-0.05, 0) is 13.0 Å². The van der Waals surface area contributed by atoms with E-state index in [9.17, 15) is 0 Å². The summed E-state index contributed by atoms with van der Waals surface area (Å²) in [5.74, 6) is 0. The first-order chi connectivity index (χ1) is 7.36. The minimum absolute atomic E-state index is 0.854. The summed E-state index contributed by atoms with van der Waals surface area (Å²) in [4.78, 5) is 12.4. The van der Waals surface area contributed by atoms with Gasteiger partial charge < -0.3 is 0 Å². The molecule has 3 heteroatoms. The van der Waals surface area contributed by atoms with Crippen LogP contribution in [0.25, 0.3) is 11.0 Å². The Bertz CT molecular complexity index is 385. The lowest BCUT2D eigenvalue weighted by Gasteiger charge is -1.94. The summed E-state index contributed by atoms with van der Waals surface area (Å²) >= 11 is 0. The minimum Gasteiger partial charge on any atom is -0.262 e. The van der Waals surface area contributed by atoms with Gasteiger partial charge in [0.1, 0.15) is 5.52 Å². The fraction of sp³-hybridized carbons (Fsp3) is 0.417. The second-order valence-electron chi connectivity index (χ2n) is 2.38. The molecule has 15 heavy (non-hydrogen) atoms. The molecule has 2 heterocycles. The lowest BCUT2D eigenvalue weighted by Crippen LogP contribution is -1.86. The van der Waals surface area contributed by atoms with Crippen molar-refractivity contribution in [3.8, 4) is 0 Å². The van der Waals surface area contributed by atoms with E-state index in [1.165, 1.54) is 0 Å². The van der Waals surface area contributed by atoms with Crippen LogP contribution in [0.1, 0.15) is 33.4 Å². The monoisotopic (exact) mass is 205 g/mol. The lowest BCUT2D eigenvalue weighted by molar-refractivity contribution is 1.17. The summed E-state index contributed by atoms with van der Waals surface area (Å²) in [6.07, 6.45) is 5.18. The van der Waals surface area contributed by atoms with Crippen molar-refractivity contribution < 1.29 is 0 Å². The summed E-state index contributed by atoms with van der Waals surface area (Å²) in [7, 11) is 0. The molecule has 0 fully saturated rings. The van der Waals surface area contributed by atoms with Crippen LogP contribution in [0.3, 0.4) is 0 Å². The van der Waals surface area contributed by atoms with Crippen LogP contribution in [0.15, 0.2) is 24.7 Å². The molecule has 0 radical (unpaired) electrons. The molecule has 0 saturated heterocycles. The Labute approximate surface area is 91.6 Å². The van der Waals surface area contributed by atoms with Gasteiger partial charge in [-0.25, -0.2) is 4.98 Å². The average Bonchev–Trinajstić information content (AvgIpc) is 2.34. The molecule has 0 aliphatic rings. The highest BCUT2D eigenvalue weighted by atomic mass is 14.8. The Kier molecular flexibility index (Phi) is 7.06. The van der Waals surface area contributed by atoms with Crippen LogP contribution in [0.5, 0.6) is 0 Å². The Hall–Kier alpha value is -1.51. The van der Waals surface area contributed by atoms with Gasteiger partial charge >= 0.3 is 0 Å². The van der Waals surface area contributed by atoms with E-state index in [2.05, 4.69) is 15.0 Å². The number of aromatic nitrogens is 3. The molecule has 0 atom stereocenters. The maximum atomic E-state index is 4.25. The van der Waals surface area contributed by atoms with Gasteiger partial charge in [-0.15, -0.1) is 0 Å². The third kappa shape index (κ3) is 4.02. The number of fused-ring (bicyclic) bond motifs is 1. The fourth-order valence-electron chi connectivity index (χ4n) is 0.956. The highest BCUT2D eigenvalue weighted by Gasteiger charge is 1.93. The zero-order valence-electron chi connectivity index (χ0n) is 10.2. The molecular formula is C12H19N3. The standard InChI is InChI=1S/C8H7N3.2C2H6/c1-6-4-10-7-2-3-9-5-8(7)11-6;2*1-2/h2-5H,1H3;2*1-2H3. The molecule has 0 N–H and O–H groups in total. The number of aryl methyl sites for hydroxylation is 1. The first-order valence-electron chi connectivity index (χ1n) is 5.39. The zero-order valence-corrected chi connectivity index (χ0v) is 10.2. The van der Waals surface area contributed by atoms with Gasteiger partial charge in [0.25, 0.3) is 0 Å². The van der Waals surface area contributed by atoms with Crippen molar-refractivity contribution in [3.05, 3.63) is 30.4 Å². The molecule has 0 saturated carbocycles. The second-order valence-corrected chi connectivity index (χ2v) is 2.38. The van der Waals surface area contributed by atoms with Crippen LogP contribution in [0.4, 0.5) is 0 Å². The highest BCUT2D eigenvalue weighted by molar-refractivity contribution is 5.72. The Morgan fingerprint density at radius 3 is 2.27 bits per heavy atom. The molecule has 0 aliphatic heterocycles. The summed E-state index contributed by atoms with van der Waals surface area (Å²) in [6.45, 7) is 9.92. The van der Waals surface area contributed by atoms with E-state index in [4.69, 9.17) is 0 Å². The van der Waals surface area contributed by atoms with Crippen molar-refractivity contribution in [2.24, 2.45) is 0 Å². The zero-order chi connectivity index (χ0) is 11.7. The SMILES string of the molecule is CC.CC.Cc1cnc2ccncc2n1. The maximum absolute atomic E-state index is 4.25. The Morgan fingerprint density at radius 2 is 1.60 bits per heavy atom. The van der Waals surface area contributed by atoms with Gasteiger partial charge in [0.05, 0.1) is 17.4 Å². The second kappa shape index (κ2) is 7.85. The smallest absolute Gasteiger partial charge is 0.107 e. The van der Waals surface area contributed by atoms with E-state index in [1.807, 2.05) is 40.7 Å². The molecule has 0 aliphatic carbocycles. The van der Waals surface area contributed by atoms with E-state index < -0.39 is 0 Å². The molecule has 3 nitrogen and oxygen atoms in total. The number of pyridine rings is 1. The van der Waals surface area contributed by atoms with Crippen LogP contribution in [-0.4, -0.2) is 15.0 Å². The van der Waals surface area contributed by atoms with Gasteiger partial charge in [-0.2, -0.15) is 0 Å². The molecule has 0 spiro atoms. The summed E-state index contributed by atoms with van der Waals surface area (Å²) < 4.78 is 0. The molecular weight excluding hydrogens is 186 g/mol. The number of hydrogen-bond donors (Lipinski definition) is 0. The van der Waals surface area contributed by atoms with Crippen LogP contribution in [0, 0.1) is 6.92 Å². The first kappa shape index (κ1) is 13.5. The van der Waals surface area contributed by atoms with Gasteiger partial charge in [-0.1, -0.05) is 27.7 Å². The van der Waals surface area contributed by atoms with Gasteiger partial charge in [0, 0.05) is 12.4 Å². The van der Waals surface area contributed by atoms with Crippen molar-refractivity contribution in [2.45, 2.75) is 34.6 Å². The lowest BCUT2D eigenvalue weighted by atomic mass is 10.4. The Morgan fingerprint density at radius 1 is 0.933 bits per heavy atom. The predicted molar refractivity (Wildman–Crippen MR) is 64.8 cm³/mol. The molecule has 0 unspecified atom stereocenters. The van der Waals surface area contributed by atoms with Crippen LogP contribution in [0.2, 0.25) is 0 Å². The van der Waals surface area contributed by atoms with Gasteiger partial charge in [0.15, 0.2) is 0 Å². The first-order valence-corrected chi connectivity index (χ1v) is 5.39. The third-order valence-corrected chi connectivity index (χ3v) is 1.46. The van der Waals surface area contributed by atoms with E-state index in [1.54, 1.807) is 18.6 Å². The van der Waals surface area contributed by atoms with Crippen molar-refractivity contribution in [1.29, 1.82) is 0 Å². The van der Waals surface area contributed by atoms with Crippen LogP contribution >= 0.6 is 0 Å². The Balaban J connectivity index is 0.000000442. The topological polar surface area (TPSA) is 38.7 Å². The van der Waals surface area contributed by atoms with Crippen LogP contribution in [-0.2, 0) is 0 Å². The fourth-order valence-corrected chi connectivity index (χ4v) is 0.956. The minimum atomic E-state index is 0.854. The highest BCUT2D eigenvalue weighted by Crippen LogP contribution is 2.05. The van der Waals surface area contributed by atoms with Crippen molar-refractivity contribution in [3.63, 3.8) is 0 Å². The molecule has 2 aromatic rings. The number of rotatable bonds is 0. The molecule has 0 bridgehead atoms. The average molecular weight is 205 g/mol. The van der Waals surface area contributed by atoms with Gasteiger partial charge in [-0.3, -0.25) is 9.97 Å². The van der Waals surface area contributed by atoms with Crippen molar-refractivity contribution in [2.75, 3.05) is 0 Å². The molecule has 2 aromatic heterocycles. The summed E-state index contributed by atoms with van der Waals surface area (Å²) in [5.41, 5.74) is 2.67. The maximum Gasteiger partial charge on any atom is 0.107 e. The van der Waals surface area contributed by atoms with E-state index in [-0.39, 0.29) is 0 Å². The molecule has 82 valence electrons. The quantitative estimate of drug-likeness (QED) is 0.661. The van der Waals surface area contributed by atoms with Crippen molar-refractivity contribution >= 4 is 11.0 Å². The number of nitrogens with zero attached hydrogens (tertiary/aromatic N) is 3. The summed E-state index contributed by atoms with van der Waals surface area (Å²) in [5, 5.41) is 0. The van der Waals surface area contributed by atoms with E-state index in [0.717, 1.165) is 16.7 Å². The molecule has 0 amide bonds. The van der Waals surface area contributed by atoms with Crippen LogP contribution < -0.4 is 0 Å².